The second-order valence-corrected chi connectivity index (χ2v) is 4.92. The first kappa shape index (κ1) is 13.1. The number of allylic oxidation sites excluding steroid dienone is 2. The van der Waals surface area contributed by atoms with Crippen LogP contribution in [0.2, 0.25) is 5.02 Å². The number of rotatable bonds is 3. The van der Waals surface area contributed by atoms with Crippen LogP contribution in [0.3, 0.4) is 0 Å². The lowest BCUT2D eigenvalue weighted by Gasteiger charge is -2.18. The number of hydrogen-bond acceptors (Lipinski definition) is 1. The third-order valence-corrected chi connectivity index (χ3v) is 3.34. The van der Waals surface area contributed by atoms with E-state index in [4.69, 9.17) is 11.6 Å². The van der Waals surface area contributed by atoms with E-state index in [1.807, 2.05) is 0 Å². The van der Waals surface area contributed by atoms with Gasteiger partial charge in [0.2, 0.25) is 0 Å². The SMILES string of the molecule is O=C(NCC1CC=CCC1)c1cc(Cl)ccc1F. The van der Waals surface area contributed by atoms with Crippen molar-refractivity contribution in [1.82, 2.24) is 5.32 Å². The summed E-state index contributed by atoms with van der Waals surface area (Å²) in [6, 6.07) is 3.99. The summed E-state index contributed by atoms with van der Waals surface area (Å²) in [4.78, 5) is 11.8. The molecule has 1 atom stereocenters. The van der Waals surface area contributed by atoms with Crippen LogP contribution in [-0.2, 0) is 0 Å². The average Bonchev–Trinajstić information content (AvgIpc) is 2.40. The van der Waals surface area contributed by atoms with Crippen LogP contribution in [0, 0.1) is 11.7 Å². The highest BCUT2D eigenvalue weighted by atomic mass is 35.5. The summed E-state index contributed by atoms with van der Waals surface area (Å²) in [5.74, 6) is -0.494. The Bertz CT molecular complexity index is 473. The fourth-order valence-electron chi connectivity index (χ4n) is 2.05. The summed E-state index contributed by atoms with van der Waals surface area (Å²) in [5.41, 5.74) is 0.00820. The molecule has 0 spiro atoms. The first-order chi connectivity index (χ1) is 8.66. The maximum atomic E-state index is 13.5. The van der Waals surface area contributed by atoms with Crippen LogP contribution >= 0.6 is 11.6 Å². The molecular formula is C14H15ClFNO. The lowest BCUT2D eigenvalue weighted by molar-refractivity contribution is 0.0942. The molecule has 0 aliphatic heterocycles. The summed E-state index contributed by atoms with van der Waals surface area (Å²) in [7, 11) is 0. The second-order valence-electron chi connectivity index (χ2n) is 4.48. The van der Waals surface area contributed by atoms with E-state index in [1.54, 1.807) is 0 Å². The lowest BCUT2D eigenvalue weighted by Crippen LogP contribution is -2.30. The molecule has 1 N–H and O–H groups in total. The van der Waals surface area contributed by atoms with Gasteiger partial charge in [0, 0.05) is 11.6 Å². The summed E-state index contributed by atoms with van der Waals surface area (Å²) >= 11 is 5.75. The summed E-state index contributed by atoms with van der Waals surface area (Å²) < 4.78 is 13.5. The molecule has 1 amide bonds. The predicted octanol–water partition coefficient (Wildman–Crippen LogP) is 3.57. The van der Waals surface area contributed by atoms with Crippen LogP contribution in [-0.4, -0.2) is 12.5 Å². The normalized spacial score (nSPS) is 18.7. The Morgan fingerprint density at radius 2 is 2.28 bits per heavy atom. The van der Waals surface area contributed by atoms with Gasteiger partial charge in [0.05, 0.1) is 5.56 Å². The molecule has 0 saturated heterocycles. The minimum absolute atomic E-state index is 0.00820. The Hall–Kier alpha value is -1.35. The first-order valence-corrected chi connectivity index (χ1v) is 6.43. The topological polar surface area (TPSA) is 29.1 Å². The Morgan fingerprint density at radius 3 is 3.00 bits per heavy atom. The Morgan fingerprint density at radius 1 is 1.44 bits per heavy atom. The highest BCUT2D eigenvalue weighted by molar-refractivity contribution is 6.30. The predicted molar refractivity (Wildman–Crippen MR) is 70.2 cm³/mol. The van der Waals surface area contributed by atoms with Gasteiger partial charge in [-0.25, -0.2) is 4.39 Å². The summed E-state index contributed by atoms with van der Waals surface area (Å²) in [5, 5.41) is 3.13. The molecule has 96 valence electrons. The summed E-state index contributed by atoms with van der Waals surface area (Å²) in [6.07, 6.45) is 7.36. The Balaban J connectivity index is 1.95. The van der Waals surface area contributed by atoms with Gasteiger partial charge < -0.3 is 5.32 Å². The van der Waals surface area contributed by atoms with E-state index in [0.29, 0.717) is 17.5 Å². The van der Waals surface area contributed by atoms with E-state index in [9.17, 15) is 9.18 Å². The zero-order valence-electron chi connectivity index (χ0n) is 9.96. The summed E-state index contributed by atoms with van der Waals surface area (Å²) in [6.45, 7) is 0.578. The maximum Gasteiger partial charge on any atom is 0.254 e. The Labute approximate surface area is 111 Å². The smallest absolute Gasteiger partial charge is 0.254 e. The number of carbonyl (C=O) groups is 1. The standard InChI is InChI=1S/C14H15ClFNO/c15-11-6-7-13(16)12(8-11)14(18)17-9-10-4-2-1-3-5-10/h1-2,6-8,10H,3-5,9H2,(H,17,18). The number of hydrogen-bond donors (Lipinski definition) is 1. The van der Waals surface area contributed by atoms with Crippen molar-refractivity contribution in [2.24, 2.45) is 5.92 Å². The van der Waals surface area contributed by atoms with Crippen LogP contribution in [0.25, 0.3) is 0 Å². The molecule has 0 aromatic heterocycles. The van der Waals surface area contributed by atoms with E-state index >= 15 is 0 Å². The average molecular weight is 268 g/mol. The van der Waals surface area contributed by atoms with Crippen molar-refractivity contribution in [3.05, 3.63) is 46.8 Å². The van der Waals surface area contributed by atoms with Crippen LogP contribution in [0.1, 0.15) is 29.6 Å². The molecule has 1 aliphatic rings. The minimum Gasteiger partial charge on any atom is -0.352 e. The highest BCUT2D eigenvalue weighted by Gasteiger charge is 2.15. The second kappa shape index (κ2) is 6.01. The van der Waals surface area contributed by atoms with Crippen LogP contribution in [0.15, 0.2) is 30.4 Å². The number of amides is 1. The van der Waals surface area contributed by atoms with Crippen LogP contribution in [0.4, 0.5) is 4.39 Å². The van der Waals surface area contributed by atoms with E-state index < -0.39 is 11.7 Å². The fourth-order valence-corrected chi connectivity index (χ4v) is 2.22. The molecule has 18 heavy (non-hydrogen) atoms. The molecule has 1 unspecified atom stereocenters. The molecule has 0 radical (unpaired) electrons. The van der Waals surface area contributed by atoms with E-state index in [2.05, 4.69) is 17.5 Å². The first-order valence-electron chi connectivity index (χ1n) is 6.05. The minimum atomic E-state index is -0.541. The highest BCUT2D eigenvalue weighted by Crippen LogP contribution is 2.18. The zero-order chi connectivity index (χ0) is 13.0. The van der Waals surface area contributed by atoms with Crippen molar-refractivity contribution >= 4 is 17.5 Å². The van der Waals surface area contributed by atoms with Crippen molar-refractivity contribution in [2.75, 3.05) is 6.54 Å². The molecule has 0 bridgehead atoms. The van der Waals surface area contributed by atoms with Crippen LogP contribution in [0.5, 0.6) is 0 Å². The molecule has 1 aromatic carbocycles. The molecule has 1 aromatic rings. The number of nitrogens with one attached hydrogen (secondary N) is 1. The van der Waals surface area contributed by atoms with E-state index in [1.165, 1.54) is 18.2 Å². The maximum absolute atomic E-state index is 13.5. The van der Waals surface area contributed by atoms with Crippen molar-refractivity contribution < 1.29 is 9.18 Å². The number of benzene rings is 1. The Kier molecular flexibility index (Phi) is 4.37. The molecule has 2 rings (SSSR count). The van der Waals surface area contributed by atoms with Gasteiger partial charge in [0.15, 0.2) is 0 Å². The molecular weight excluding hydrogens is 253 g/mol. The lowest BCUT2D eigenvalue weighted by atomic mass is 9.94. The molecule has 1 aliphatic carbocycles. The van der Waals surface area contributed by atoms with Gasteiger partial charge in [0.1, 0.15) is 5.82 Å². The molecule has 0 fully saturated rings. The van der Waals surface area contributed by atoms with Gasteiger partial charge in [-0.2, -0.15) is 0 Å². The molecule has 4 heteroatoms. The van der Waals surface area contributed by atoms with Crippen molar-refractivity contribution in [1.29, 1.82) is 0 Å². The van der Waals surface area contributed by atoms with Crippen molar-refractivity contribution in [3.8, 4) is 0 Å². The molecule has 0 saturated carbocycles. The van der Waals surface area contributed by atoms with Crippen molar-refractivity contribution in [3.63, 3.8) is 0 Å². The van der Waals surface area contributed by atoms with Gasteiger partial charge >= 0.3 is 0 Å². The molecule has 2 nitrogen and oxygen atoms in total. The van der Waals surface area contributed by atoms with E-state index in [-0.39, 0.29) is 5.56 Å². The van der Waals surface area contributed by atoms with E-state index in [0.717, 1.165) is 19.3 Å². The van der Waals surface area contributed by atoms with Gasteiger partial charge in [-0.1, -0.05) is 23.8 Å². The quantitative estimate of drug-likeness (QED) is 0.834. The van der Waals surface area contributed by atoms with Crippen molar-refractivity contribution in [2.45, 2.75) is 19.3 Å². The van der Waals surface area contributed by atoms with Gasteiger partial charge in [-0.15, -0.1) is 0 Å². The zero-order valence-corrected chi connectivity index (χ0v) is 10.7. The number of halogens is 2. The van der Waals surface area contributed by atoms with Gasteiger partial charge in [-0.3, -0.25) is 4.79 Å². The fraction of sp³-hybridized carbons (Fsp3) is 0.357. The number of carbonyl (C=O) groups excluding carboxylic acids is 1. The third-order valence-electron chi connectivity index (χ3n) is 3.10. The van der Waals surface area contributed by atoms with Gasteiger partial charge in [-0.05, 0) is 43.4 Å². The van der Waals surface area contributed by atoms with Crippen LogP contribution < -0.4 is 5.32 Å². The third kappa shape index (κ3) is 3.33. The largest absolute Gasteiger partial charge is 0.352 e. The molecule has 0 heterocycles. The van der Waals surface area contributed by atoms with Gasteiger partial charge in [0.25, 0.3) is 5.91 Å². The monoisotopic (exact) mass is 267 g/mol.